The van der Waals surface area contributed by atoms with Crippen molar-refractivity contribution < 1.29 is 8.42 Å². The zero-order valence-corrected chi connectivity index (χ0v) is 9.26. The molecule has 2 rings (SSSR count). The van der Waals surface area contributed by atoms with Crippen molar-refractivity contribution in [3.05, 3.63) is 30.3 Å². The molecule has 0 heterocycles. The lowest BCUT2D eigenvalue weighted by atomic mass is 10.3. The molecule has 0 spiro atoms. The van der Waals surface area contributed by atoms with E-state index in [1.165, 1.54) is 0 Å². The zero-order valence-electron chi connectivity index (χ0n) is 8.44. The molecule has 0 bridgehead atoms. The van der Waals surface area contributed by atoms with Crippen molar-refractivity contribution in [1.29, 1.82) is 0 Å². The molecule has 1 aliphatic carbocycles. The number of hydrogen-bond acceptors (Lipinski definition) is 2. The Bertz CT molecular complexity index is 407. The van der Waals surface area contributed by atoms with E-state index in [1.807, 2.05) is 6.07 Å². The third-order valence-electron chi connectivity index (χ3n) is 2.70. The lowest BCUT2D eigenvalue weighted by Gasteiger charge is -2.12. The molecule has 0 atom stereocenters. The van der Waals surface area contributed by atoms with Gasteiger partial charge in [-0.1, -0.05) is 31.0 Å². The topological polar surface area (TPSA) is 46.2 Å². The third-order valence-corrected chi connectivity index (χ3v) is 4.56. The SMILES string of the molecule is O=S(=O)(Nc1[c]cccc1)C1CCCC1. The van der Waals surface area contributed by atoms with Gasteiger partial charge in [0.05, 0.1) is 10.9 Å². The molecule has 0 unspecified atom stereocenters. The zero-order chi connectivity index (χ0) is 10.7. The highest BCUT2D eigenvalue weighted by molar-refractivity contribution is 7.93. The lowest BCUT2D eigenvalue weighted by Crippen LogP contribution is -2.25. The van der Waals surface area contributed by atoms with E-state index in [0.29, 0.717) is 5.69 Å². The van der Waals surface area contributed by atoms with Gasteiger partial charge in [-0.25, -0.2) is 8.42 Å². The van der Waals surface area contributed by atoms with Crippen LogP contribution in [0, 0.1) is 6.07 Å². The Balaban J connectivity index is 2.11. The second kappa shape index (κ2) is 4.23. The Labute approximate surface area is 90.6 Å². The van der Waals surface area contributed by atoms with Crippen molar-refractivity contribution in [3.63, 3.8) is 0 Å². The summed E-state index contributed by atoms with van der Waals surface area (Å²) in [7, 11) is -3.19. The summed E-state index contributed by atoms with van der Waals surface area (Å²) in [5.41, 5.74) is 0.532. The molecule has 1 saturated carbocycles. The van der Waals surface area contributed by atoms with Gasteiger partial charge in [-0.2, -0.15) is 0 Å². The second-order valence-electron chi connectivity index (χ2n) is 3.83. The fourth-order valence-electron chi connectivity index (χ4n) is 1.89. The van der Waals surface area contributed by atoms with Gasteiger partial charge in [0.1, 0.15) is 0 Å². The Morgan fingerprint density at radius 2 is 2.00 bits per heavy atom. The van der Waals surface area contributed by atoms with Crippen LogP contribution in [-0.4, -0.2) is 13.7 Å². The molecule has 0 saturated heterocycles. The van der Waals surface area contributed by atoms with Crippen LogP contribution >= 0.6 is 0 Å². The predicted molar refractivity (Wildman–Crippen MR) is 60.1 cm³/mol. The Hall–Kier alpha value is -1.03. The second-order valence-corrected chi connectivity index (χ2v) is 5.79. The Kier molecular flexibility index (Phi) is 2.95. The van der Waals surface area contributed by atoms with E-state index in [0.717, 1.165) is 25.7 Å². The summed E-state index contributed by atoms with van der Waals surface area (Å²) in [6.07, 6.45) is 3.60. The molecular formula is C11H14NO2S. The van der Waals surface area contributed by atoms with E-state index in [9.17, 15) is 8.42 Å². The highest BCUT2D eigenvalue weighted by Gasteiger charge is 2.28. The monoisotopic (exact) mass is 224 g/mol. The molecule has 0 aliphatic heterocycles. The van der Waals surface area contributed by atoms with Crippen molar-refractivity contribution >= 4 is 15.7 Å². The van der Waals surface area contributed by atoms with E-state index in [-0.39, 0.29) is 5.25 Å². The van der Waals surface area contributed by atoms with Crippen LogP contribution in [0.2, 0.25) is 0 Å². The molecule has 0 amide bonds. The summed E-state index contributed by atoms with van der Waals surface area (Å²) in [4.78, 5) is 0. The lowest BCUT2D eigenvalue weighted by molar-refractivity contribution is 0.585. The minimum Gasteiger partial charge on any atom is -0.283 e. The summed E-state index contributed by atoms with van der Waals surface area (Å²) in [6.45, 7) is 0. The van der Waals surface area contributed by atoms with Gasteiger partial charge in [0.15, 0.2) is 0 Å². The first-order valence-corrected chi connectivity index (χ1v) is 6.71. The molecule has 15 heavy (non-hydrogen) atoms. The molecule has 1 N–H and O–H groups in total. The summed E-state index contributed by atoms with van der Waals surface area (Å²) in [6, 6.07) is 9.88. The first-order chi connectivity index (χ1) is 7.18. The maximum Gasteiger partial charge on any atom is 0.235 e. The maximum absolute atomic E-state index is 11.9. The van der Waals surface area contributed by atoms with Gasteiger partial charge in [-0.15, -0.1) is 0 Å². The molecule has 1 aliphatic rings. The van der Waals surface area contributed by atoms with Crippen LogP contribution in [0.25, 0.3) is 0 Å². The van der Waals surface area contributed by atoms with E-state index >= 15 is 0 Å². The molecule has 0 aromatic heterocycles. The number of rotatable bonds is 3. The average Bonchev–Trinajstić information content (AvgIpc) is 2.71. The number of para-hydroxylation sites is 1. The molecule has 1 radical (unpaired) electrons. The van der Waals surface area contributed by atoms with Gasteiger partial charge in [-0.3, -0.25) is 4.72 Å². The number of sulfonamides is 1. The highest BCUT2D eigenvalue weighted by atomic mass is 32.2. The number of hydrogen-bond donors (Lipinski definition) is 1. The van der Waals surface area contributed by atoms with Crippen LogP contribution in [0.1, 0.15) is 25.7 Å². The summed E-state index contributed by atoms with van der Waals surface area (Å²) in [5, 5.41) is -0.217. The van der Waals surface area contributed by atoms with Gasteiger partial charge >= 0.3 is 0 Å². The van der Waals surface area contributed by atoms with Gasteiger partial charge in [0, 0.05) is 6.07 Å². The Morgan fingerprint density at radius 1 is 1.27 bits per heavy atom. The maximum atomic E-state index is 11.9. The quantitative estimate of drug-likeness (QED) is 0.855. The van der Waals surface area contributed by atoms with E-state index < -0.39 is 10.0 Å². The van der Waals surface area contributed by atoms with Crippen LogP contribution in [0.3, 0.4) is 0 Å². The van der Waals surface area contributed by atoms with Crippen LogP contribution in [0.5, 0.6) is 0 Å². The minimum atomic E-state index is -3.19. The van der Waals surface area contributed by atoms with Crippen LogP contribution in [0.15, 0.2) is 24.3 Å². The average molecular weight is 224 g/mol. The summed E-state index contributed by atoms with van der Waals surface area (Å²) < 4.78 is 26.3. The first-order valence-electron chi connectivity index (χ1n) is 5.17. The van der Waals surface area contributed by atoms with Crippen LogP contribution < -0.4 is 4.72 Å². The molecule has 1 fully saturated rings. The third kappa shape index (κ3) is 2.50. The Morgan fingerprint density at radius 3 is 2.60 bits per heavy atom. The van der Waals surface area contributed by atoms with Gasteiger partial charge < -0.3 is 0 Å². The van der Waals surface area contributed by atoms with E-state index in [1.54, 1.807) is 18.2 Å². The standard InChI is InChI=1S/C11H14NO2S/c13-15(14,11-8-4-5-9-11)12-10-6-2-1-3-7-10/h1-3,6,11-12H,4-5,8-9H2. The molecule has 81 valence electrons. The molecule has 4 heteroatoms. The summed E-state index contributed by atoms with van der Waals surface area (Å²) >= 11 is 0. The van der Waals surface area contributed by atoms with Crippen molar-refractivity contribution in [1.82, 2.24) is 0 Å². The van der Waals surface area contributed by atoms with Crippen molar-refractivity contribution in [2.24, 2.45) is 0 Å². The first kappa shape index (κ1) is 10.5. The van der Waals surface area contributed by atoms with E-state index in [4.69, 9.17) is 0 Å². The number of benzene rings is 1. The van der Waals surface area contributed by atoms with E-state index in [2.05, 4.69) is 10.8 Å². The normalized spacial score (nSPS) is 17.9. The minimum absolute atomic E-state index is 0.217. The fourth-order valence-corrected chi connectivity index (χ4v) is 3.45. The smallest absolute Gasteiger partial charge is 0.235 e. The van der Waals surface area contributed by atoms with Crippen molar-refractivity contribution in [3.8, 4) is 0 Å². The van der Waals surface area contributed by atoms with Crippen LogP contribution in [0.4, 0.5) is 5.69 Å². The highest BCUT2D eigenvalue weighted by Crippen LogP contribution is 2.25. The van der Waals surface area contributed by atoms with Crippen molar-refractivity contribution in [2.45, 2.75) is 30.9 Å². The number of anilines is 1. The van der Waals surface area contributed by atoms with Crippen LogP contribution in [-0.2, 0) is 10.0 Å². The number of nitrogens with one attached hydrogen (secondary N) is 1. The van der Waals surface area contributed by atoms with Crippen molar-refractivity contribution in [2.75, 3.05) is 4.72 Å². The predicted octanol–water partition coefficient (Wildman–Crippen LogP) is 2.17. The summed E-state index contributed by atoms with van der Waals surface area (Å²) in [5.74, 6) is 0. The molecule has 1 aromatic rings. The van der Waals surface area contributed by atoms with Gasteiger partial charge in [0.2, 0.25) is 10.0 Å². The molecular weight excluding hydrogens is 210 g/mol. The van der Waals surface area contributed by atoms with Gasteiger partial charge in [-0.05, 0) is 18.9 Å². The molecule has 3 nitrogen and oxygen atoms in total. The van der Waals surface area contributed by atoms with Gasteiger partial charge in [0.25, 0.3) is 0 Å². The fraction of sp³-hybridized carbons (Fsp3) is 0.455. The molecule has 1 aromatic carbocycles. The largest absolute Gasteiger partial charge is 0.283 e.